The number of hydrogen-bond donors (Lipinski definition) is 3. The molecule has 1 atom stereocenters. The van der Waals surface area contributed by atoms with E-state index in [1.165, 1.54) is 19.3 Å². The van der Waals surface area contributed by atoms with Crippen molar-refractivity contribution in [2.75, 3.05) is 19.6 Å². The molecular formula is C20H36ClN3O2. The molecule has 4 aliphatic rings. The van der Waals surface area contributed by atoms with Gasteiger partial charge in [-0.25, -0.2) is 0 Å². The maximum atomic E-state index is 13.2. The van der Waals surface area contributed by atoms with Crippen molar-refractivity contribution in [3.63, 3.8) is 0 Å². The highest BCUT2D eigenvalue weighted by Crippen LogP contribution is 2.60. The topological polar surface area (TPSA) is 70.2 Å². The summed E-state index contributed by atoms with van der Waals surface area (Å²) in [4.78, 5) is 25.7. The molecule has 0 spiro atoms. The molecule has 0 heterocycles. The van der Waals surface area contributed by atoms with Crippen LogP contribution in [0.15, 0.2) is 0 Å². The van der Waals surface area contributed by atoms with Gasteiger partial charge < -0.3 is 16.0 Å². The highest BCUT2D eigenvalue weighted by Gasteiger charge is 2.55. The van der Waals surface area contributed by atoms with Gasteiger partial charge in [-0.1, -0.05) is 20.8 Å². The fraction of sp³-hybridized carbons (Fsp3) is 0.900. The molecule has 4 saturated carbocycles. The molecule has 0 saturated heterocycles. The van der Waals surface area contributed by atoms with E-state index in [0.717, 1.165) is 50.1 Å². The Balaban J connectivity index is 0.00000243. The predicted octanol–water partition coefficient (Wildman–Crippen LogP) is 2.49. The number of carbonyl (C=O) groups excluding carboxylic acids is 2. The maximum Gasteiger partial charge on any atom is 0.242 e. The summed E-state index contributed by atoms with van der Waals surface area (Å²) >= 11 is 0. The van der Waals surface area contributed by atoms with Crippen molar-refractivity contribution < 1.29 is 9.59 Å². The molecule has 26 heavy (non-hydrogen) atoms. The van der Waals surface area contributed by atoms with Crippen LogP contribution >= 0.6 is 12.4 Å². The van der Waals surface area contributed by atoms with Crippen LogP contribution in [0.1, 0.15) is 59.3 Å². The molecular weight excluding hydrogens is 350 g/mol. The molecule has 0 radical (unpaired) electrons. The molecule has 4 aliphatic carbocycles. The smallest absolute Gasteiger partial charge is 0.242 e. The lowest BCUT2D eigenvalue weighted by molar-refractivity contribution is -0.149. The average molecular weight is 386 g/mol. The first-order chi connectivity index (χ1) is 11.9. The van der Waals surface area contributed by atoms with Crippen molar-refractivity contribution in [2.45, 2.75) is 65.3 Å². The van der Waals surface area contributed by atoms with E-state index >= 15 is 0 Å². The Labute approximate surface area is 164 Å². The first-order valence-corrected chi connectivity index (χ1v) is 10.2. The summed E-state index contributed by atoms with van der Waals surface area (Å²) in [6.07, 6.45) is 7.09. The van der Waals surface area contributed by atoms with Crippen LogP contribution in [-0.4, -0.2) is 37.5 Å². The third-order valence-corrected chi connectivity index (χ3v) is 6.61. The van der Waals surface area contributed by atoms with E-state index in [1.54, 1.807) is 0 Å². The number of rotatable bonds is 8. The lowest BCUT2D eigenvalue weighted by Gasteiger charge is -2.55. The SMILES string of the molecule is CCNCCNC(=O)C(NC(=O)C12CC3CC(CC(C3)C1)C2)C(C)C.Cl. The summed E-state index contributed by atoms with van der Waals surface area (Å²) in [6.45, 7) is 8.32. The molecule has 0 aromatic carbocycles. The fourth-order valence-corrected chi connectivity index (χ4v) is 5.78. The van der Waals surface area contributed by atoms with Gasteiger partial charge in [-0.2, -0.15) is 0 Å². The molecule has 4 fully saturated rings. The van der Waals surface area contributed by atoms with Crippen molar-refractivity contribution in [2.24, 2.45) is 29.1 Å². The molecule has 0 aromatic rings. The Morgan fingerprint density at radius 1 is 1.00 bits per heavy atom. The lowest BCUT2D eigenvalue weighted by Crippen LogP contribution is -2.58. The van der Waals surface area contributed by atoms with Crippen LogP contribution in [0, 0.1) is 29.1 Å². The van der Waals surface area contributed by atoms with Crippen molar-refractivity contribution in [1.29, 1.82) is 0 Å². The Kier molecular flexibility index (Phi) is 7.37. The highest BCUT2D eigenvalue weighted by molar-refractivity contribution is 5.90. The Morgan fingerprint density at radius 2 is 1.54 bits per heavy atom. The largest absolute Gasteiger partial charge is 0.353 e. The number of nitrogens with one attached hydrogen (secondary N) is 3. The summed E-state index contributed by atoms with van der Waals surface area (Å²) in [5.41, 5.74) is -0.189. The van der Waals surface area contributed by atoms with Crippen LogP contribution in [0.25, 0.3) is 0 Å². The van der Waals surface area contributed by atoms with Crippen molar-refractivity contribution in [3.05, 3.63) is 0 Å². The van der Waals surface area contributed by atoms with E-state index in [0.29, 0.717) is 6.54 Å². The van der Waals surface area contributed by atoms with Crippen molar-refractivity contribution >= 4 is 24.2 Å². The van der Waals surface area contributed by atoms with E-state index in [-0.39, 0.29) is 35.6 Å². The van der Waals surface area contributed by atoms with Crippen LogP contribution < -0.4 is 16.0 Å². The molecule has 1 unspecified atom stereocenters. The normalized spacial score (nSPS) is 32.8. The van der Waals surface area contributed by atoms with Gasteiger partial charge in [-0.05, 0) is 68.7 Å². The molecule has 3 N–H and O–H groups in total. The average Bonchev–Trinajstić information content (AvgIpc) is 2.54. The summed E-state index contributed by atoms with van der Waals surface area (Å²) in [5, 5.41) is 9.30. The predicted molar refractivity (Wildman–Crippen MR) is 106 cm³/mol. The number of halogens is 1. The number of hydrogen-bond acceptors (Lipinski definition) is 3. The number of likely N-dealkylation sites (N-methyl/N-ethyl adjacent to an activating group) is 1. The van der Waals surface area contributed by atoms with E-state index in [1.807, 2.05) is 20.8 Å². The molecule has 6 heteroatoms. The van der Waals surface area contributed by atoms with Gasteiger partial charge in [0.15, 0.2) is 0 Å². The van der Waals surface area contributed by atoms with E-state index in [4.69, 9.17) is 0 Å². The molecule has 5 nitrogen and oxygen atoms in total. The summed E-state index contributed by atoms with van der Waals surface area (Å²) in [7, 11) is 0. The van der Waals surface area contributed by atoms with Gasteiger partial charge in [0.2, 0.25) is 11.8 Å². The van der Waals surface area contributed by atoms with Gasteiger partial charge in [0.05, 0.1) is 0 Å². The van der Waals surface area contributed by atoms with Gasteiger partial charge in [-0.3, -0.25) is 9.59 Å². The van der Waals surface area contributed by atoms with Crippen LogP contribution in [-0.2, 0) is 9.59 Å². The third-order valence-electron chi connectivity index (χ3n) is 6.61. The Morgan fingerprint density at radius 3 is 2.00 bits per heavy atom. The molecule has 2 amide bonds. The third kappa shape index (κ3) is 4.53. The Bertz CT molecular complexity index is 474. The number of amides is 2. The Hall–Kier alpha value is -0.810. The molecule has 4 rings (SSSR count). The zero-order valence-corrected chi connectivity index (χ0v) is 17.3. The minimum Gasteiger partial charge on any atom is -0.353 e. The second-order valence-electron chi connectivity index (χ2n) is 9.04. The zero-order valence-electron chi connectivity index (χ0n) is 16.5. The minimum absolute atomic E-state index is 0. The second-order valence-corrected chi connectivity index (χ2v) is 9.04. The monoisotopic (exact) mass is 385 g/mol. The quantitative estimate of drug-likeness (QED) is 0.562. The van der Waals surface area contributed by atoms with Gasteiger partial charge in [-0.15, -0.1) is 12.4 Å². The van der Waals surface area contributed by atoms with Crippen LogP contribution in [0.5, 0.6) is 0 Å². The van der Waals surface area contributed by atoms with Crippen LogP contribution in [0.2, 0.25) is 0 Å². The molecule has 0 aliphatic heterocycles. The minimum atomic E-state index is -0.429. The van der Waals surface area contributed by atoms with Crippen LogP contribution in [0.3, 0.4) is 0 Å². The highest BCUT2D eigenvalue weighted by atomic mass is 35.5. The van der Waals surface area contributed by atoms with Crippen molar-refractivity contribution in [3.8, 4) is 0 Å². The van der Waals surface area contributed by atoms with E-state index < -0.39 is 6.04 Å². The zero-order chi connectivity index (χ0) is 18.0. The summed E-state index contributed by atoms with van der Waals surface area (Å²) in [5.74, 6) is 2.41. The molecule has 150 valence electrons. The van der Waals surface area contributed by atoms with Crippen LogP contribution in [0.4, 0.5) is 0 Å². The van der Waals surface area contributed by atoms with Gasteiger partial charge in [0.1, 0.15) is 6.04 Å². The van der Waals surface area contributed by atoms with E-state index in [2.05, 4.69) is 16.0 Å². The second kappa shape index (κ2) is 8.92. The van der Waals surface area contributed by atoms with Crippen molar-refractivity contribution in [1.82, 2.24) is 16.0 Å². The number of carbonyl (C=O) groups is 2. The van der Waals surface area contributed by atoms with Gasteiger partial charge >= 0.3 is 0 Å². The van der Waals surface area contributed by atoms with E-state index in [9.17, 15) is 9.59 Å². The summed E-state index contributed by atoms with van der Waals surface area (Å²) in [6, 6.07) is -0.429. The summed E-state index contributed by atoms with van der Waals surface area (Å²) < 4.78 is 0. The first-order valence-electron chi connectivity index (χ1n) is 10.2. The first kappa shape index (κ1) is 21.5. The van der Waals surface area contributed by atoms with Gasteiger partial charge in [0.25, 0.3) is 0 Å². The molecule has 0 aromatic heterocycles. The van der Waals surface area contributed by atoms with Gasteiger partial charge in [0, 0.05) is 18.5 Å². The standard InChI is InChI=1S/C20H35N3O2.ClH/c1-4-21-5-6-22-18(24)17(13(2)3)23-19(25)20-10-14-7-15(11-20)9-16(8-14)12-20;/h13-17,21H,4-12H2,1-3H3,(H,22,24)(H,23,25);1H. The fourth-order valence-electron chi connectivity index (χ4n) is 5.78. The lowest BCUT2D eigenvalue weighted by atomic mass is 9.49. The maximum absolute atomic E-state index is 13.2. The molecule has 4 bridgehead atoms.